The highest BCUT2D eigenvalue weighted by atomic mass is 16.3. The van der Waals surface area contributed by atoms with E-state index < -0.39 is 5.43 Å². The van der Waals surface area contributed by atoms with Gasteiger partial charge in [0.05, 0.1) is 5.56 Å². The second kappa shape index (κ2) is 6.17. The molecule has 1 heterocycles. The molecule has 0 aliphatic carbocycles. The maximum absolute atomic E-state index is 12.4. The Morgan fingerprint density at radius 1 is 0.864 bits per heavy atom. The molecule has 3 rings (SSSR count). The van der Waals surface area contributed by atoms with Gasteiger partial charge < -0.3 is 30.7 Å². The highest BCUT2D eigenvalue weighted by Gasteiger charge is 2.13. The Hall–Kier alpha value is -3.03. The smallest absolute Gasteiger partial charge is 0.204 e. The molecule has 0 fully saturated rings. The van der Waals surface area contributed by atoms with Crippen LogP contribution in [0, 0.1) is 0 Å². The van der Waals surface area contributed by atoms with Gasteiger partial charge in [-0.15, -0.1) is 0 Å². The number of hydrogen-bond donors (Lipinski definition) is 3. The third kappa shape index (κ3) is 2.71. The maximum Gasteiger partial charge on any atom is 0.204 e. The summed E-state index contributed by atoms with van der Waals surface area (Å²) < 4.78 is 5.29. The summed E-state index contributed by atoms with van der Waals surface area (Å²) >= 11 is 0. The molecule has 0 saturated heterocycles. The largest absolute Gasteiger partial charge is 0.508 e. The average molecular weight is 306 g/mol. The zero-order chi connectivity index (χ0) is 14.3. The molecule has 0 radical (unpaired) electrons. The van der Waals surface area contributed by atoms with E-state index in [9.17, 15) is 20.1 Å². The summed E-state index contributed by atoms with van der Waals surface area (Å²) in [6, 6.07) is 8.40. The topological polar surface area (TPSA) is 154 Å². The summed E-state index contributed by atoms with van der Waals surface area (Å²) in [7, 11) is 0. The molecule has 0 amide bonds. The first-order chi connectivity index (χ1) is 9.56. The summed E-state index contributed by atoms with van der Waals surface area (Å²) in [5.41, 5.74) is 0.522. The van der Waals surface area contributed by atoms with Crippen molar-refractivity contribution in [3.05, 3.63) is 52.9 Å². The van der Waals surface area contributed by atoms with Crippen molar-refractivity contribution < 1.29 is 30.7 Å². The number of aromatic hydroxyl groups is 3. The lowest BCUT2D eigenvalue weighted by Crippen LogP contribution is -2.04. The van der Waals surface area contributed by atoms with E-state index in [1.807, 2.05) is 0 Å². The lowest BCUT2D eigenvalue weighted by molar-refractivity contribution is 0.452. The Balaban J connectivity index is 0.00000121. The molecule has 0 aliphatic heterocycles. The van der Waals surface area contributed by atoms with Crippen LogP contribution in [0.5, 0.6) is 17.2 Å². The number of phenolic OH excluding ortho intramolecular Hbond substituents is 3. The third-order valence-corrected chi connectivity index (χ3v) is 3.02. The van der Waals surface area contributed by atoms with Crippen LogP contribution in [0.1, 0.15) is 0 Å². The lowest BCUT2D eigenvalue weighted by atomic mass is 10.0. The molecule has 116 valence electrons. The van der Waals surface area contributed by atoms with Crippen LogP contribution in [0.3, 0.4) is 0 Å². The van der Waals surface area contributed by atoms with Crippen molar-refractivity contribution in [3.63, 3.8) is 0 Å². The molecule has 2 aromatic carbocycles. The Morgan fingerprint density at radius 3 is 2.14 bits per heavy atom. The van der Waals surface area contributed by atoms with Crippen molar-refractivity contribution in [2.45, 2.75) is 0 Å². The SMILES string of the molecule is O.O.O=c1c(-c2ccc(O)cc2)coc2cc(O)cc(O)c12. The van der Waals surface area contributed by atoms with Crippen molar-refractivity contribution in [2.24, 2.45) is 0 Å². The molecule has 7 heteroatoms. The molecule has 7 nitrogen and oxygen atoms in total. The van der Waals surface area contributed by atoms with Crippen molar-refractivity contribution in [1.82, 2.24) is 0 Å². The summed E-state index contributed by atoms with van der Waals surface area (Å²) in [6.45, 7) is 0. The number of fused-ring (bicyclic) bond motifs is 1. The van der Waals surface area contributed by atoms with Gasteiger partial charge in [-0.05, 0) is 17.7 Å². The van der Waals surface area contributed by atoms with E-state index in [0.717, 1.165) is 6.07 Å². The van der Waals surface area contributed by atoms with Crippen LogP contribution in [0.15, 0.2) is 51.9 Å². The molecule has 7 N–H and O–H groups in total. The molecular weight excluding hydrogens is 292 g/mol. The van der Waals surface area contributed by atoms with Gasteiger partial charge in [-0.2, -0.15) is 0 Å². The molecule has 1 aromatic heterocycles. The van der Waals surface area contributed by atoms with Crippen molar-refractivity contribution >= 4 is 11.0 Å². The maximum atomic E-state index is 12.4. The van der Waals surface area contributed by atoms with Gasteiger partial charge in [0.1, 0.15) is 34.5 Å². The standard InChI is InChI=1S/C15H10O5.2H2O/c16-9-3-1-8(2-4-9)11-7-20-13-6-10(17)5-12(18)14(13)15(11)19;;/h1-7,16-18H;2*1H2. The fourth-order valence-electron chi connectivity index (χ4n) is 2.06. The molecule has 0 spiro atoms. The minimum absolute atomic E-state index is 0. The first-order valence-corrected chi connectivity index (χ1v) is 5.83. The predicted octanol–water partition coefficient (Wildman–Crippen LogP) is 0.927. The Kier molecular flexibility index (Phi) is 4.77. The zero-order valence-electron chi connectivity index (χ0n) is 11.2. The molecule has 0 saturated carbocycles. The summed E-state index contributed by atoms with van der Waals surface area (Å²) in [6.07, 6.45) is 1.26. The normalized spacial score (nSPS) is 9.82. The zero-order valence-corrected chi connectivity index (χ0v) is 11.2. The van der Waals surface area contributed by atoms with Gasteiger partial charge in [-0.3, -0.25) is 4.79 Å². The highest BCUT2D eigenvalue weighted by molar-refractivity contribution is 5.87. The minimum atomic E-state index is -0.408. The van der Waals surface area contributed by atoms with Gasteiger partial charge in [-0.25, -0.2) is 0 Å². The van der Waals surface area contributed by atoms with E-state index in [4.69, 9.17) is 4.42 Å². The molecule has 0 atom stereocenters. The van der Waals surface area contributed by atoms with E-state index >= 15 is 0 Å². The fraction of sp³-hybridized carbons (Fsp3) is 0. The van der Waals surface area contributed by atoms with Gasteiger partial charge in [0.2, 0.25) is 5.43 Å². The molecule has 3 aromatic rings. The third-order valence-electron chi connectivity index (χ3n) is 3.02. The van der Waals surface area contributed by atoms with Gasteiger partial charge in [0, 0.05) is 12.1 Å². The molecule has 22 heavy (non-hydrogen) atoms. The summed E-state index contributed by atoms with van der Waals surface area (Å²) in [5.74, 6) is -0.434. The van der Waals surface area contributed by atoms with Crippen LogP contribution >= 0.6 is 0 Å². The van der Waals surface area contributed by atoms with Gasteiger partial charge in [-0.1, -0.05) is 12.1 Å². The van der Waals surface area contributed by atoms with Gasteiger partial charge in [0.15, 0.2) is 0 Å². The fourth-order valence-corrected chi connectivity index (χ4v) is 2.06. The average Bonchev–Trinajstić information content (AvgIpc) is 2.39. The van der Waals surface area contributed by atoms with Crippen LogP contribution in [0.4, 0.5) is 0 Å². The van der Waals surface area contributed by atoms with E-state index in [-0.39, 0.29) is 44.7 Å². The van der Waals surface area contributed by atoms with E-state index in [1.165, 1.54) is 24.5 Å². The second-order valence-electron chi connectivity index (χ2n) is 4.36. The second-order valence-corrected chi connectivity index (χ2v) is 4.36. The van der Waals surface area contributed by atoms with Crippen LogP contribution in [0.25, 0.3) is 22.1 Å². The van der Waals surface area contributed by atoms with Gasteiger partial charge >= 0.3 is 0 Å². The molecule has 0 unspecified atom stereocenters. The summed E-state index contributed by atoms with van der Waals surface area (Å²) in [4.78, 5) is 12.4. The Labute approximate surface area is 123 Å². The number of phenols is 3. The molecular formula is C15H14O7. The van der Waals surface area contributed by atoms with Crippen LogP contribution in [0.2, 0.25) is 0 Å². The van der Waals surface area contributed by atoms with E-state index in [2.05, 4.69) is 0 Å². The van der Waals surface area contributed by atoms with Crippen LogP contribution in [-0.2, 0) is 0 Å². The molecule has 0 bridgehead atoms. The van der Waals surface area contributed by atoms with Crippen molar-refractivity contribution in [2.75, 3.05) is 0 Å². The number of rotatable bonds is 1. The quantitative estimate of drug-likeness (QED) is 0.610. The first-order valence-electron chi connectivity index (χ1n) is 5.83. The van der Waals surface area contributed by atoms with Crippen molar-refractivity contribution in [1.29, 1.82) is 0 Å². The lowest BCUT2D eigenvalue weighted by Gasteiger charge is -2.05. The van der Waals surface area contributed by atoms with E-state index in [0.29, 0.717) is 5.56 Å². The number of hydrogen-bond acceptors (Lipinski definition) is 5. The Bertz CT molecular complexity index is 850. The monoisotopic (exact) mass is 306 g/mol. The van der Waals surface area contributed by atoms with Crippen molar-refractivity contribution in [3.8, 4) is 28.4 Å². The number of benzene rings is 2. The Morgan fingerprint density at radius 2 is 1.50 bits per heavy atom. The minimum Gasteiger partial charge on any atom is -0.508 e. The highest BCUT2D eigenvalue weighted by Crippen LogP contribution is 2.29. The van der Waals surface area contributed by atoms with Crippen LogP contribution < -0.4 is 5.43 Å². The molecule has 0 aliphatic rings. The summed E-state index contributed by atoms with van der Waals surface area (Å²) in [5, 5.41) is 28.4. The van der Waals surface area contributed by atoms with E-state index in [1.54, 1.807) is 12.1 Å². The van der Waals surface area contributed by atoms with Crippen LogP contribution in [-0.4, -0.2) is 26.3 Å². The first kappa shape index (κ1) is 17.0. The predicted molar refractivity (Wildman–Crippen MR) is 80.1 cm³/mol. The van der Waals surface area contributed by atoms with Gasteiger partial charge in [0.25, 0.3) is 0 Å².